The van der Waals surface area contributed by atoms with Gasteiger partial charge in [0.1, 0.15) is 0 Å². The number of rotatable bonds is 2. The lowest BCUT2D eigenvalue weighted by Gasteiger charge is -2.42. The molecule has 24 heavy (non-hydrogen) atoms. The maximum Gasteiger partial charge on any atom is 0.263 e. The standard InChI is InChI=1S/C18H19N3O2S/c22-16-11-14(13-3-1-7-19-12-13)18(20-16)5-8-21(9-6-18)17(23)15-4-2-10-24-15/h1-4,7,10,12,14H,5-6,8-9,11H2,(H,20,22). The van der Waals surface area contributed by atoms with Crippen molar-refractivity contribution in [2.75, 3.05) is 13.1 Å². The van der Waals surface area contributed by atoms with E-state index in [1.165, 1.54) is 11.3 Å². The normalized spacial score (nSPS) is 22.6. The van der Waals surface area contributed by atoms with Crippen LogP contribution in [0.3, 0.4) is 0 Å². The Bertz CT molecular complexity index is 737. The molecule has 0 radical (unpaired) electrons. The Balaban J connectivity index is 1.52. The van der Waals surface area contributed by atoms with Crippen molar-refractivity contribution in [2.24, 2.45) is 0 Å². The lowest BCUT2D eigenvalue weighted by atomic mass is 9.74. The van der Waals surface area contributed by atoms with Gasteiger partial charge in [-0.3, -0.25) is 14.6 Å². The predicted octanol–water partition coefficient (Wildman–Crippen LogP) is 2.42. The zero-order chi connectivity index (χ0) is 16.6. The molecule has 1 unspecified atom stereocenters. The first-order valence-corrected chi connectivity index (χ1v) is 9.10. The summed E-state index contributed by atoms with van der Waals surface area (Å²) < 4.78 is 0. The van der Waals surface area contributed by atoms with Gasteiger partial charge in [-0.2, -0.15) is 0 Å². The molecule has 6 heteroatoms. The molecule has 0 bridgehead atoms. The van der Waals surface area contributed by atoms with Crippen LogP contribution in [0.15, 0.2) is 42.0 Å². The second kappa shape index (κ2) is 6.02. The number of carbonyl (C=O) groups is 2. The number of hydrogen-bond acceptors (Lipinski definition) is 4. The SMILES string of the molecule is O=C1CC(c2cccnc2)C2(CCN(C(=O)c3cccs3)CC2)N1. The van der Waals surface area contributed by atoms with E-state index in [4.69, 9.17) is 0 Å². The summed E-state index contributed by atoms with van der Waals surface area (Å²) in [5.74, 6) is 0.335. The van der Waals surface area contributed by atoms with Gasteiger partial charge < -0.3 is 10.2 Å². The molecule has 2 fully saturated rings. The topological polar surface area (TPSA) is 62.3 Å². The highest BCUT2D eigenvalue weighted by molar-refractivity contribution is 7.12. The fourth-order valence-corrected chi connectivity index (χ4v) is 4.64. The number of aromatic nitrogens is 1. The molecule has 0 aliphatic carbocycles. The Kier molecular flexibility index (Phi) is 3.84. The third kappa shape index (κ3) is 2.60. The van der Waals surface area contributed by atoms with Crippen molar-refractivity contribution in [2.45, 2.75) is 30.7 Å². The van der Waals surface area contributed by atoms with Gasteiger partial charge in [0.15, 0.2) is 0 Å². The Morgan fingerprint density at radius 3 is 2.79 bits per heavy atom. The lowest BCUT2D eigenvalue weighted by Crippen LogP contribution is -2.54. The zero-order valence-electron chi connectivity index (χ0n) is 13.3. The van der Waals surface area contributed by atoms with Crippen LogP contribution in [-0.2, 0) is 4.79 Å². The summed E-state index contributed by atoms with van der Waals surface area (Å²) in [6, 6.07) is 7.73. The summed E-state index contributed by atoms with van der Waals surface area (Å²) in [7, 11) is 0. The minimum atomic E-state index is -0.244. The number of nitrogens with zero attached hydrogens (tertiary/aromatic N) is 2. The zero-order valence-corrected chi connectivity index (χ0v) is 14.1. The summed E-state index contributed by atoms with van der Waals surface area (Å²) in [4.78, 5) is 31.5. The van der Waals surface area contributed by atoms with Gasteiger partial charge in [0, 0.05) is 37.8 Å². The van der Waals surface area contributed by atoms with Crippen molar-refractivity contribution in [3.8, 4) is 0 Å². The minimum Gasteiger partial charge on any atom is -0.350 e. The molecule has 4 rings (SSSR count). The van der Waals surface area contributed by atoms with Gasteiger partial charge in [-0.1, -0.05) is 12.1 Å². The Labute approximate surface area is 144 Å². The summed E-state index contributed by atoms with van der Waals surface area (Å²) in [5.41, 5.74) is 0.862. The number of thiophene rings is 1. The number of amides is 2. The van der Waals surface area contributed by atoms with E-state index >= 15 is 0 Å². The van der Waals surface area contributed by atoms with Crippen molar-refractivity contribution >= 4 is 23.2 Å². The molecule has 2 aliphatic heterocycles. The van der Waals surface area contributed by atoms with E-state index in [0.29, 0.717) is 19.5 Å². The second-order valence-corrected chi connectivity index (χ2v) is 7.46. The first-order chi connectivity index (χ1) is 11.7. The maximum absolute atomic E-state index is 12.5. The van der Waals surface area contributed by atoms with Crippen molar-refractivity contribution < 1.29 is 9.59 Å². The fraction of sp³-hybridized carbons (Fsp3) is 0.389. The van der Waals surface area contributed by atoms with Gasteiger partial charge in [0.05, 0.1) is 10.4 Å². The molecule has 0 aromatic carbocycles. The van der Waals surface area contributed by atoms with Crippen molar-refractivity contribution in [1.82, 2.24) is 15.2 Å². The van der Waals surface area contributed by atoms with Crippen LogP contribution in [0.4, 0.5) is 0 Å². The molecule has 1 N–H and O–H groups in total. The van der Waals surface area contributed by atoms with Crippen LogP contribution < -0.4 is 5.32 Å². The van der Waals surface area contributed by atoms with Crippen molar-refractivity contribution in [1.29, 1.82) is 0 Å². The highest BCUT2D eigenvalue weighted by atomic mass is 32.1. The van der Waals surface area contributed by atoms with Crippen molar-refractivity contribution in [3.05, 3.63) is 52.5 Å². The largest absolute Gasteiger partial charge is 0.350 e. The summed E-state index contributed by atoms with van der Waals surface area (Å²) in [6.07, 6.45) is 5.69. The molecule has 5 nitrogen and oxygen atoms in total. The number of piperidine rings is 1. The van der Waals surface area contributed by atoms with Crippen LogP contribution >= 0.6 is 11.3 Å². The number of pyridine rings is 1. The molecule has 2 amide bonds. The molecule has 2 aromatic rings. The first kappa shape index (κ1) is 15.3. The Morgan fingerprint density at radius 2 is 2.12 bits per heavy atom. The van der Waals surface area contributed by atoms with E-state index in [-0.39, 0.29) is 23.3 Å². The number of likely N-dealkylation sites (tertiary alicyclic amines) is 1. The second-order valence-electron chi connectivity index (χ2n) is 6.52. The van der Waals surface area contributed by atoms with Gasteiger partial charge in [-0.15, -0.1) is 11.3 Å². The van der Waals surface area contributed by atoms with E-state index in [0.717, 1.165) is 23.3 Å². The fourth-order valence-electron chi connectivity index (χ4n) is 3.95. The van der Waals surface area contributed by atoms with Crippen LogP contribution in [0, 0.1) is 0 Å². The minimum absolute atomic E-state index is 0.0990. The van der Waals surface area contributed by atoms with E-state index in [1.807, 2.05) is 40.7 Å². The van der Waals surface area contributed by atoms with E-state index in [1.54, 1.807) is 6.20 Å². The van der Waals surface area contributed by atoms with Gasteiger partial charge in [0.25, 0.3) is 5.91 Å². The highest BCUT2D eigenvalue weighted by Crippen LogP contribution is 2.43. The molecular formula is C18H19N3O2S. The third-order valence-electron chi connectivity index (χ3n) is 5.21. The van der Waals surface area contributed by atoms with Crippen LogP contribution in [0.2, 0.25) is 0 Å². The molecule has 4 heterocycles. The first-order valence-electron chi connectivity index (χ1n) is 8.22. The van der Waals surface area contributed by atoms with Gasteiger partial charge >= 0.3 is 0 Å². The molecule has 1 atom stereocenters. The van der Waals surface area contributed by atoms with Crippen LogP contribution in [0.1, 0.15) is 40.4 Å². The molecule has 2 aliphatic rings. The van der Waals surface area contributed by atoms with Gasteiger partial charge in [0.2, 0.25) is 5.91 Å². The Hall–Kier alpha value is -2.21. The molecule has 1 spiro atoms. The lowest BCUT2D eigenvalue weighted by molar-refractivity contribution is -0.120. The smallest absolute Gasteiger partial charge is 0.263 e. The third-order valence-corrected chi connectivity index (χ3v) is 6.06. The molecular weight excluding hydrogens is 322 g/mol. The van der Waals surface area contributed by atoms with Crippen LogP contribution in [0.25, 0.3) is 0 Å². The Morgan fingerprint density at radius 1 is 1.29 bits per heavy atom. The molecule has 124 valence electrons. The average Bonchev–Trinajstić information content (AvgIpc) is 3.24. The van der Waals surface area contributed by atoms with Gasteiger partial charge in [-0.05, 0) is 35.9 Å². The molecule has 2 saturated heterocycles. The summed E-state index contributed by atoms with van der Waals surface area (Å²) in [5, 5.41) is 5.13. The van der Waals surface area contributed by atoms with Gasteiger partial charge in [-0.25, -0.2) is 0 Å². The highest BCUT2D eigenvalue weighted by Gasteiger charge is 2.49. The van der Waals surface area contributed by atoms with E-state index in [2.05, 4.69) is 10.3 Å². The number of hydrogen-bond donors (Lipinski definition) is 1. The van der Waals surface area contributed by atoms with E-state index < -0.39 is 0 Å². The quantitative estimate of drug-likeness (QED) is 0.912. The average molecular weight is 341 g/mol. The maximum atomic E-state index is 12.5. The number of nitrogens with one attached hydrogen (secondary N) is 1. The summed E-state index contributed by atoms with van der Waals surface area (Å²) >= 11 is 1.48. The van der Waals surface area contributed by atoms with Crippen LogP contribution in [-0.4, -0.2) is 40.3 Å². The van der Waals surface area contributed by atoms with E-state index in [9.17, 15) is 9.59 Å². The monoisotopic (exact) mass is 341 g/mol. The summed E-state index contributed by atoms with van der Waals surface area (Å²) in [6.45, 7) is 1.35. The number of carbonyl (C=O) groups excluding carboxylic acids is 2. The molecule has 0 saturated carbocycles. The van der Waals surface area contributed by atoms with Crippen molar-refractivity contribution in [3.63, 3.8) is 0 Å². The molecule has 2 aromatic heterocycles. The predicted molar refractivity (Wildman–Crippen MR) is 91.9 cm³/mol. The van der Waals surface area contributed by atoms with Crippen LogP contribution in [0.5, 0.6) is 0 Å².